The Kier molecular flexibility index (Phi) is 4.56. The zero-order valence-corrected chi connectivity index (χ0v) is 12.3. The quantitative estimate of drug-likeness (QED) is 0.790. The van der Waals surface area contributed by atoms with Gasteiger partial charge in [0.2, 0.25) is 5.91 Å². The summed E-state index contributed by atoms with van der Waals surface area (Å²) in [6, 6.07) is 5.72. The molecule has 0 aliphatic rings. The van der Waals surface area contributed by atoms with Crippen molar-refractivity contribution in [2.75, 3.05) is 0 Å². The van der Waals surface area contributed by atoms with Crippen LogP contribution in [-0.4, -0.2) is 10.5 Å². The van der Waals surface area contributed by atoms with Crippen molar-refractivity contribution in [2.45, 2.75) is 26.3 Å². The predicted octanol–water partition coefficient (Wildman–Crippen LogP) is 3.77. The van der Waals surface area contributed by atoms with Crippen LogP contribution in [0.2, 0.25) is 5.02 Å². The van der Waals surface area contributed by atoms with Crippen LogP contribution in [0.4, 0.5) is 0 Å². The fraction of sp³-hybridized carbons (Fsp3) is 0.286. The highest BCUT2D eigenvalue weighted by molar-refractivity contribution is 7.16. The highest BCUT2D eigenvalue weighted by Gasteiger charge is 2.09. The van der Waals surface area contributed by atoms with Gasteiger partial charge in [0.1, 0.15) is 0 Å². The molecule has 0 spiro atoms. The maximum absolute atomic E-state index is 11.7. The van der Waals surface area contributed by atoms with Crippen molar-refractivity contribution in [3.63, 3.8) is 0 Å². The molecule has 1 aromatic heterocycles. The van der Waals surface area contributed by atoms with E-state index in [9.17, 15) is 4.79 Å². The lowest BCUT2D eigenvalue weighted by atomic mass is 10.3. The summed E-state index contributed by atoms with van der Waals surface area (Å²) in [6.07, 6.45) is 3.05. The Hall–Kier alpha value is -1.39. The summed E-state index contributed by atoms with van der Waals surface area (Å²) in [4.78, 5) is 16.6. The third-order valence-electron chi connectivity index (χ3n) is 2.65. The van der Waals surface area contributed by atoms with E-state index in [1.807, 2.05) is 29.7 Å². The van der Waals surface area contributed by atoms with Crippen molar-refractivity contribution in [2.24, 2.45) is 4.99 Å². The van der Waals surface area contributed by atoms with Gasteiger partial charge in [-0.25, -0.2) is 0 Å². The third-order valence-corrected chi connectivity index (χ3v) is 4.00. The Balaban J connectivity index is 2.67. The number of benzene rings is 1. The summed E-state index contributed by atoms with van der Waals surface area (Å²) in [5.41, 5.74) is 0.914. The second-order valence-corrected chi connectivity index (χ2v) is 5.54. The molecule has 19 heavy (non-hydrogen) atoms. The topological polar surface area (TPSA) is 34.4 Å². The van der Waals surface area contributed by atoms with E-state index in [0.29, 0.717) is 22.8 Å². The summed E-state index contributed by atoms with van der Waals surface area (Å²) >= 11 is 7.71. The number of hydrogen-bond acceptors (Lipinski definition) is 2. The van der Waals surface area contributed by atoms with Gasteiger partial charge in [0.05, 0.1) is 15.2 Å². The lowest BCUT2D eigenvalue weighted by Crippen LogP contribution is -2.16. The number of para-hydroxylation sites is 1. The molecule has 1 aromatic carbocycles. The Bertz CT molecular complexity index is 684. The average molecular weight is 295 g/mol. The number of fused-ring (bicyclic) bond motifs is 1. The second-order valence-electron chi connectivity index (χ2n) is 4.13. The van der Waals surface area contributed by atoms with Gasteiger partial charge < -0.3 is 4.57 Å². The maximum Gasteiger partial charge on any atom is 0.248 e. The summed E-state index contributed by atoms with van der Waals surface area (Å²) in [7, 11) is 0. The van der Waals surface area contributed by atoms with Gasteiger partial charge in [-0.15, -0.1) is 6.58 Å². The number of allylic oxidation sites excluding steroid dienone is 1. The van der Waals surface area contributed by atoms with Gasteiger partial charge >= 0.3 is 0 Å². The van der Waals surface area contributed by atoms with Gasteiger partial charge in [-0.3, -0.25) is 4.79 Å². The number of carbonyl (C=O) groups excluding carboxylic acids is 1. The fourth-order valence-electron chi connectivity index (χ4n) is 1.85. The maximum atomic E-state index is 11.7. The molecular weight excluding hydrogens is 280 g/mol. The monoisotopic (exact) mass is 294 g/mol. The number of aromatic nitrogens is 1. The van der Waals surface area contributed by atoms with E-state index in [2.05, 4.69) is 11.6 Å². The van der Waals surface area contributed by atoms with Crippen LogP contribution >= 0.6 is 22.9 Å². The van der Waals surface area contributed by atoms with Gasteiger partial charge in [-0.1, -0.05) is 42.0 Å². The number of carbonyl (C=O) groups is 1. The molecule has 0 radical (unpaired) electrons. The van der Waals surface area contributed by atoms with Crippen molar-refractivity contribution in [3.05, 3.63) is 40.7 Å². The lowest BCUT2D eigenvalue weighted by molar-refractivity contribution is -0.118. The largest absolute Gasteiger partial charge is 0.311 e. The number of amides is 1. The van der Waals surface area contributed by atoms with E-state index in [1.165, 1.54) is 11.3 Å². The molecule has 2 rings (SSSR count). The first-order valence-corrected chi connectivity index (χ1v) is 7.33. The minimum Gasteiger partial charge on any atom is -0.311 e. The third kappa shape index (κ3) is 2.96. The van der Waals surface area contributed by atoms with E-state index in [0.717, 1.165) is 16.6 Å². The number of halogens is 1. The van der Waals surface area contributed by atoms with Crippen molar-refractivity contribution < 1.29 is 4.79 Å². The van der Waals surface area contributed by atoms with E-state index < -0.39 is 0 Å². The van der Waals surface area contributed by atoms with Crippen LogP contribution in [0, 0.1) is 0 Å². The molecular formula is C14H15ClN2OS. The molecule has 2 aromatic rings. The summed E-state index contributed by atoms with van der Waals surface area (Å²) in [5.74, 6) is -0.0945. The molecule has 5 heteroatoms. The second kappa shape index (κ2) is 6.17. The van der Waals surface area contributed by atoms with Gasteiger partial charge in [0.25, 0.3) is 0 Å². The zero-order chi connectivity index (χ0) is 13.8. The highest BCUT2D eigenvalue weighted by Crippen LogP contribution is 2.25. The van der Waals surface area contributed by atoms with Gasteiger partial charge in [-0.2, -0.15) is 4.99 Å². The molecule has 0 N–H and O–H groups in total. The molecule has 100 valence electrons. The van der Waals surface area contributed by atoms with Crippen molar-refractivity contribution in [1.29, 1.82) is 0 Å². The molecule has 0 fully saturated rings. The Labute approximate surface area is 120 Å². The van der Waals surface area contributed by atoms with Crippen LogP contribution in [0.25, 0.3) is 10.2 Å². The number of hydrogen-bond donors (Lipinski definition) is 0. The lowest BCUT2D eigenvalue weighted by Gasteiger charge is -2.02. The molecule has 0 bridgehead atoms. The minimum absolute atomic E-state index is 0.0945. The smallest absolute Gasteiger partial charge is 0.248 e. The van der Waals surface area contributed by atoms with E-state index in [1.54, 1.807) is 6.08 Å². The Morgan fingerprint density at radius 2 is 2.37 bits per heavy atom. The van der Waals surface area contributed by atoms with E-state index in [-0.39, 0.29) is 5.91 Å². The van der Waals surface area contributed by atoms with Crippen molar-refractivity contribution in [3.8, 4) is 0 Å². The minimum atomic E-state index is -0.0945. The Morgan fingerprint density at radius 3 is 3.05 bits per heavy atom. The standard InChI is InChI=1S/C14H15ClN2OS/c1-3-6-12(18)16-14-17(9-4-2)13-10(15)7-5-8-11(13)19-14/h4-5,7-8H,2-3,6,9H2,1H3. The number of thiazole rings is 1. The molecule has 1 heterocycles. The molecule has 0 atom stereocenters. The Morgan fingerprint density at radius 1 is 1.58 bits per heavy atom. The van der Waals surface area contributed by atoms with E-state index in [4.69, 9.17) is 11.6 Å². The zero-order valence-electron chi connectivity index (χ0n) is 10.7. The summed E-state index contributed by atoms with van der Waals surface area (Å²) < 4.78 is 2.96. The predicted molar refractivity (Wildman–Crippen MR) is 80.5 cm³/mol. The van der Waals surface area contributed by atoms with Gasteiger partial charge in [-0.05, 0) is 18.6 Å². The molecule has 0 saturated carbocycles. The normalized spacial score (nSPS) is 12.0. The SMILES string of the molecule is C=CCn1c(=NC(=O)CCC)sc2cccc(Cl)c21. The molecule has 3 nitrogen and oxygen atoms in total. The molecule has 0 aliphatic heterocycles. The van der Waals surface area contributed by atoms with E-state index >= 15 is 0 Å². The van der Waals surface area contributed by atoms with Crippen molar-refractivity contribution in [1.82, 2.24) is 4.57 Å². The van der Waals surface area contributed by atoms with Crippen LogP contribution in [0.1, 0.15) is 19.8 Å². The van der Waals surface area contributed by atoms with Crippen LogP contribution < -0.4 is 4.80 Å². The summed E-state index contributed by atoms with van der Waals surface area (Å²) in [6.45, 7) is 6.29. The van der Waals surface area contributed by atoms with Crippen LogP contribution in [0.15, 0.2) is 35.8 Å². The van der Waals surface area contributed by atoms with Crippen LogP contribution in [0.3, 0.4) is 0 Å². The first kappa shape index (κ1) is 14.0. The summed E-state index contributed by atoms with van der Waals surface area (Å²) in [5, 5.41) is 0.667. The number of rotatable bonds is 4. The van der Waals surface area contributed by atoms with Gasteiger partial charge in [0, 0.05) is 13.0 Å². The van der Waals surface area contributed by atoms with Crippen LogP contribution in [0.5, 0.6) is 0 Å². The van der Waals surface area contributed by atoms with Crippen molar-refractivity contribution >= 4 is 39.1 Å². The molecule has 0 aliphatic carbocycles. The highest BCUT2D eigenvalue weighted by atomic mass is 35.5. The number of nitrogens with zero attached hydrogens (tertiary/aromatic N) is 2. The first-order chi connectivity index (χ1) is 9.17. The molecule has 0 unspecified atom stereocenters. The average Bonchev–Trinajstić information content (AvgIpc) is 2.69. The molecule has 1 amide bonds. The molecule has 0 saturated heterocycles. The first-order valence-electron chi connectivity index (χ1n) is 6.13. The fourth-order valence-corrected chi connectivity index (χ4v) is 3.26. The van der Waals surface area contributed by atoms with Gasteiger partial charge in [0.15, 0.2) is 4.80 Å². The van der Waals surface area contributed by atoms with Crippen LogP contribution in [-0.2, 0) is 11.3 Å².